The lowest BCUT2D eigenvalue weighted by Crippen LogP contribution is -1.97. The number of rotatable bonds is 4. The van der Waals surface area contributed by atoms with Crippen LogP contribution < -0.4 is 0 Å². The molecule has 0 unspecified atom stereocenters. The van der Waals surface area contributed by atoms with Crippen molar-refractivity contribution in [2.75, 3.05) is 0 Å². The molecule has 9 aromatic rings. The average Bonchev–Trinajstić information content (AvgIpc) is 3.67. The number of nitriles is 1. The Morgan fingerprint density at radius 2 is 0.979 bits per heavy atom. The summed E-state index contributed by atoms with van der Waals surface area (Å²) in [4.78, 5) is 3.76. The van der Waals surface area contributed by atoms with Crippen LogP contribution in [0.25, 0.3) is 82.1 Å². The summed E-state index contributed by atoms with van der Waals surface area (Å²) in [6.45, 7) is 7.73. The van der Waals surface area contributed by atoms with Gasteiger partial charge in [-0.15, -0.1) is 0 Å². The predicted octanol–water partition coefficient (Wildman–Crippen LogP) is 11.6. The van der Waals surface area contributed by atoms with E-state index in [0.29, 0.717) is 11.3 Å². The van der Waals surface area contributed by atoms with Crippen LogP contribution >= 0.6 is 0 Å². The summed E-state index contributed by atoms with van der Waals surface area (Å²) in [5, 5.41) is 14.2. The van der Waals surface area contributed by atoms with Crippen molar-refractivity contribution >= 4 is 49.3 Å². The molecule has 0 atom stereocenters. The highest BCUT2D eigenvalue weighted by Gasteiger charge is 2.16. The van der Waals surface area contributed by atoms with E-state index in [1.807, 2.05) is 36.4 Å². The van der Waals surface area contributed by atoms with Crippen molar-refractivity contribution in [1.29, 1.82) is 5.26 Å². The van der Waals surface area contributed by atoms with E-state index >= 15 is 0 Å². The quantitative estimate of drug-likeness (QED) is 0.183. The summed E-state index contributed by atoms with van der Waals surface area (Å²) < 4.78 is 4.62. The Balaban J connectivity index is 1.31. The predicted molar refractivity (Wildman–Crippen MR) is 197 cm³/mol. The second-order valence-corrected chi connectivity index (χ2v) is 12.0. The van der Waals surface area contributed by atoms with Crippen LogP contribution in [-0.2, 0) is 0 Å². The minimum absolute atomic E-state index is 0.605. The number of benzene rings is 7. The smallest absolute Gasteiger partial charge is 0.189 e. The van der Waals surface area contributed by atoms with E-state index in [-0.39, 0.29) is 0 Å². The molecule has 0 amide bonds. The number of fused-ring (bicyclic) bond motifs is 6. The lowest BCUT2D eigenvalue weighted by Gasteiger charge is -2.15. The first-order valence-corrected chi connectivity index (χ1v) is 15.9. The molecule has 0 fully saturated rings. The first-order valence-electron chi connectivity index (χ1n) is 15.9. The Bertz CT molecular complexity index is 2750. The van der Waals surface area contributed by atoms with Gasteiger partial charge in [-0.1, -0.05) is 91.0 Å². The van der Waals surface area contributed by atoms with Gasteiger partial charge in [0.05, 0.1) is 34.8 Å². The molecular formula is C44H26N4. The second kappa shape index (κ2) is 10.9. The van der Waals surface area contributed by atoms with E-state index in [1.54, 1.807) is 0 Å². The molecule has 0 N–H and O–H groups in total. The van der Waals surface area contributed by atoms with Crippen molar-refractivity contribution < 1.29 is 0 Å². The zero-order chi connectivity index (χ0) is 32.2. The molecule has 0 saturated carbocycles. The third-order valence-corrected chi connectivity index (χ3v) is 9.33. The van der Waals surface area contributed by atoms with Crippen LogP contribution in [0.5, 0.6) is 0 Å². The molecule has 48 heavy (non-hydrogen) atoms. The first-order chi connectivity index (χ1) is 23.7. The van der Waals surface area contributed by atoms with Crippen LogP contribution in [0.1, 0.15) is 5.56 Å². The van der Waals surface area contributed by atoms with Gasteiger partial charge in [-0.05, 0) is 89.0 Å². The molecular weight excluding hydrogens is 585 g/mol. The Morgan fingerprint density at radius 1 is 0.438 bits per heavy atom. The van der Waals surface area contributed by atoms with Crippen LogP contribution in [0.3, 0.4) is 0 Å². The molecule has 4 nitrogen and oxygen atoms in total. The monoisotopic (exact) mass is 610 g/mol. The van der Waals surface area contributed by atoms with Crippen LogP contribution in [0, 0.1) is 17.9 Å². The molecule has 2 heterocycles. The summed E-state index contributed by atoms with van der Waals surface area (Å²) in [6, 6.07) is 56.9. The SMILES string of the molecule is [C-]#[N+]c1ccc2c3ccccc3n(-c3cc(-c4ccc(C#N)cc4)cc(-c4cccc(-n5c6ccccc6c6ccccc65)c4)c3)c2c1. The Hall–Kier alpha value is -6.88. The van der Waals surface area contributed by atoms with E-state index in [9.17, 15) is 5.26 Å². The summed E-state index contributed by atoms with van der Waals surface area (Å²) in [6.07, 6.45) is 0. The van der Waals surface area contributed by atoms with Crippen LogP contribution in [0.15, 0.2) is 158 Å². The molecule has 222 valence electrons. The molecule has 0 aliphatic heterocycles. The van der Waals surface area contributed by atoms with Crippen LogP contribution in [-0.4, -0.2) is 9.13 Å². The van der Waals surface area contributed by atoms with Gasteiger partial charge in [0.15, 0.2) is 5.69 Å². The maximum absolute atomic E-state index is 9.46. The maximum Gasteiger partial charge on any atom is 0.189 e. The maximum atomic E-state index is 9.46. The molecule has 7 aromatic carbocycles. The van der Waals surface area contributed by atoms with E-state index < -0.39 is 0 Å². The van der Waals surface area contributed by atoms with Gasteiger partial charge in [0.1, 0.15) is 0 Å². The molecule has 4 heteroatoms. The molecule has 0 aliphatic carbocycles. The van der Waals surface area contributed by atoms with Gasteiger partial charge in [0.25, 0.3) is 0 Å². The fourth-order valence-corrected chi connectivity index (χ4v) is 7.14. The normalized spacial score (nSPS) is 11.3. The van der Waals surface area contributed by atoms with Gasteiger partial charge in [-0.3, -0.25) is 0 Å². The molecule has 0 spiro atoms. The Morgan fingerprint density at radius 3 is 1.58 bits per heavy atom. The summed E-state index contributed by atoms with van der Waals surface area (Å²) in [5.74, 6) is 0. The fourth-order valence-electron chi connectivity index (χ4n) is 7.14. The minimum Gasteiger partial charge on any atom is -0.310 e. The summed E-state index contributed by atoms with van der Waals surface area (Å²) in [7, 11) is 0. The highest BCUT2D eigenvalue weighted by Crippen LogP contribution is 2.38. The fraction of sp³-hybridized carbons (Fsp3) is 0. The van der Waals surface area contributed by atoms with Crippen LogP contribution in [0.4, 0.5) is 5.69 Å². The Kier molecular flexibility index (Phi) is 6.22. The van der Waals surface area contributed by atoms with Crippen molar-refractivity contribution in [2.24, 2.45) is 0 Å². The topological polar surface area (TPSA) is 38.0 Å². The third-order valence-electron chi connectivity index (χ3n) is 9.33. The van der Waals surface area contributed by atoms with Crippen molar-refractivity contribution in [3.8, 4) is 39.7 Å². The lowest BCUT2D eigenvalue weighted by molar-refractivity contribution is 1.17. The first kappa shape index (κ1) is 27.4. The number of para-hydroxylation sites is 3. The molecule has 2 aromatic heterocycles. The number of hydrogen-bond acceptors (Lipinski definition) is 1. The minimum atomic E-state index is 0.605. The van der Waals surface area contributed by atoms with Gasteiger partial charge in [-0.25, -0.2) is 4.85 Å². The molecule has 9 rings (SSSR count). The summed E-state index contributed by atoms with van der Waals surface area (Å²) >= 11 is 0. The van der Waals surface area contributed by atoms with Crippen molar-refractivity contribution in [3.63, 3.8) is 0 Å². The number of aromatic nitrogens is 2. The zero-order valence-electron chi connectivity index (χ0n) is 25.8. The van der Waals surface area contributed by atoms with E-state index in [0.717, 1.165) is 55.4 Å². The number of hydrogen-bond donors (Lipinski definition) is 0. The zero-order valence-corrected chi connectivity index (χ0v) is 25.8. The average molecular weight is 611 g/mol. The standard InChI is InChI=1S/C44H26N4/c1-46-34-21-22-40-39-13-4-7-16-43(39)48(44(40)27-34)36-25-32(30-19-17-29(28-45)18-20-30)23-33(26-36)31-9-8-10-35(24-31)47-41-14-5-2-11-37(41)38-12-3-6-15-42(38)47/h2-27H. The van der Waals surface area contributed by atoms with Gasteiger partial charge in [-0.2, -0.15) is 5.26 Å². The lowest BCUT2D eigenvalue weighted by atomic mass is 9.97. The van der Waals surface area contributed by atoms with Crippen molar-refractivity contribution in [2.45, 2.75) is 0 Å². The molecule has 0 aliphatic rings. The molecule has 0 radical (unpaired) electrons. The largest absolute Gasteiger partial charge is 0.310 e. The van der Waals surface area contributed by atoms with Gasteiger partial charge in [0, 0.05) is 38.4 Å². The highest BCUT2D eigenvalue weighted by molar-refractivity contribution is 6.11. The third kappa shape index (κ3) is 4.29. The Labute approximate surface area is 277 Å². The van der Waals surface area contributed by atoms with E-state index in [4.69, 9.17) is 6.57 Å². The highest BCUT2D eigenvalue weighted by atomic mass is 15.0. The van der Waals surface area contributed by atoms with Gasteiger partial charge < -0.3 is 9.13 Å². The van der Waals surface area contributed by atoms with Crippen molar-refractivity contribution in [1.82, 2.24) is 9.13 Å². The summed E-state index contributed by atoms with van der Waals surface area (Å²) in [5.41, 5.74) is 12.0. The van der Waals surface area contributed by atoms with Gasteiger partial charge in [0.2, 0.25) is 0 Å². The number of nitrogens with zero attached hydrogens (tertiary/aromatic N) is 4. The van der Waals surface area contributed by atoms with E-state index in [1.165, 1.54) is 21.8 Å². The van der Waals surface area contributed by atoms with E-state index in [2.05, 4.69) is 141 Å². The second-order valence-electron chi connectivity index (χ2n) is 12.0. The molecule has 0 bridgehead atoms. The van der Waals surface area contributed by atoms with Crippen LogP contribution in [0.2, 0.25) is 0 Å². The van der Waals surface area contributed by atoms with Gasteiger partial charge >= 0.3 is 0 Å². The van der Waals surface area contributed by atoms with Crippen molar-refractivity contribution in [3.05, 3.63) is 175 Å². The molecule has 0 saturated heterocycles.